The van der Waals surface area contributed by atoms with E-state index in [0.717, 1.165) is 90.3 Å². The molecule has 0 amide bonds. The molecule has 0 aromatic rings. The standard InChI is InChI=1S/C31H46O2/c32-16-29-8-19-4-22(12-29)26(23(5-19)13-29)28-21-2-17-1-18(3-21)11-31(28,10-17)27-24-6-20-7-25(27)15-30(33,9-20)14-24/h17-28,32-33H,1-16H2. The van der Waals surface area contributed by atoms with Gasteiger partial charge in [0, 0.05) is 6.61 Å². The van der Waals surface area contributed by atoms with E-state index in [1.165, 1.54) is 44.9 Å². The maximum atomic E-state index is 11.4. The Morgan fingerprint density at radius 2 is 1.06 bits per heavy atom. The van der Waals surface area contributed by atoms with Crippen LogP contribution in [0.15, 0.2) is 0 Å². The fraction of sp³-hybridized carbons (Fsp3) is 1.00. The summed E-state index contributed by atoms with van der Waals surface area (Å²) in [6.45, 7) is 0.472. The van der Waals surface area contributed by atoms with Crippen molar-refractivity contribution in [2.45, 2.75) is 102 Å². The largest absolute Gasteiger partial charge is 0.396 e. The summed E-state index contributed by atoms with van der Waals surface area (Å²) >= 11 is 0. The second-order valence-corrected chi connectivity index (χ2v) is 16.3. The van der Waals surface area contributed by atoms with Crippen molar-refractivity contribution in [2.75, 3.05) is 6.61 Å². The Bertz CT molecular complexity index is 817. The van der Waals surface area contributed by atoms with Gasteiger partial charge in [-0.25, -0.2) is 0 Å². The Kier molecular flexibility index (Phi) is 3.79. The maximum Gasteiger partial charge on any atom is 0.0656 e. The first kappa shape index (κ1) is 20.0. The molecule has 33 heavy (non-hydrogen) atoms. The van der Waals surface area contributed by atoms with Gasteiger partial charge in [0.25, 0.3) is 0 Å². The monoisotopic (exact) mass is 450 g/mol. The van der Waals surface area contributed by atoms with Crippen molar-refractivity contribution in [1.29, 1.82) is 0 Å². The van der Waals surface area contributed by atoms with Gasteiger partial charge in [0.1, 0.15) is 0 Å². The van der Waals surface area contributed by atoms with Crippen LogP contribution in [0.25, 0.3) is 0 Å². The van der Waals surface area contributed by atoms with Crippen LogP contribution in [-0.4, -0.2) is 22.4 Å². The minimum absolute atomic E-state index is 0.277. The topological polar surface area (TPSA) is 40.5 Å². The van der Waals surface area contributed by atoms with Crippen molar-refractivity contribution < 1.29 is 10.2 Å². The minimum Gasteiger partial charge on any atom is -0.396 e. The SMILES string of the molecule is OCC12CC3CC(C1)C(C1C4CC5CC(C4)CC1(C1C4CC6CC1CC(O)(C6)C4)C5)C(C3)C2. The summed E-state index contributed by atoms with van der Waals surface area (Å²) in [7, 11) is 0. The van der Waals surface area contributed by atoms with Gasteiger partial charge >= 0.3 is 0 Å². The quantitative estimate of drug-likeness (QED) is 0.549. The third kappa shape index (κ3) is 2.50. The van der Waals surface area contributed by atoms with E-state index >= 15 is 0 Å². The number of rotatable bonds is 3. The molecular formula is C31H46O2. The summed E-state index contributed by atoms with van der Waals surface area (Å²) in [5.74, 6) is 11.4. The van der Waals surface area contributed by atoms with E-state index in [1.807, 2.05) is 0 Å². The molecule has 0 radical (unpaired) electrons. The number of hydrogen-bond acceptors (Lipinski definition) is 2. The summed E-state index contributed by atoms with van der Waals surface area (Å²) in [5, 5.41) is 21.8. The van der Waals surface area contributed by atoms with Crippen LogP contribution in [0, 0.1) is 81.8 Å². The van der Waals surface area contributed by atoms with Crippen molar-refractivity contribution in [3.05, 3.63) is 0 Å². The van der Waals surface area contributed by atoms with E-state index in [0.29, 0.717) is 17.4 Å². The predicted octanol–water partition coefficient (Wildman–Crippen LogP) is 6.05. The van der Waals surface area contributed by atoms with Crippen molar-refractivity contribution in [3.8, 4) is 0 Å². The van der Waals surface area contributed by atoms with Gasteiger partial charge in [0.15, 0.2) is 0 Å². The van der Waals surface area contributed by atoms with Gasteiger partial charge in [0.05, 0.1) is 5.60 Å². The summed E-state index contributed by atoms with van der Waals surface area (Å²) < 4.78 is 0. The van der Waals surface area contributed by atoms with E-state index in [2.05, 4.69) is 0 Å². The van der Waals surface area contributed by atoms with Gasteiger partial charge in [-0.05, 0) is 178 Å². The van der Waals surface area contributed by atoms with Crippen LogP contribution in [0.1, 0.15) is 96.3 Å². The average Bonchev–Trinajstić information content (AvgIpc) is 2.72. The summed E-state index contributed by atoms with van der Waals surface area (Å²) in [5.41, 5.74) is 0.680. The lowest BCUT2D eigenvalue weighted by Crippen LogP contribution is -2.67. The Morgan fingerprint density at radius 1 is 0.515 bits per heavy atom. The molecule has 0 aromatic heterocycles. The minimum atomic E-state index is -0.277. The van der Waals surface area contributed by atoms with Gasteiger partial charge in [-0.3, -0.25) is 0 Å². The normalized spacial score (nSPS) is 68.2. The second kappa shape index (κ2) is 6.24. The smallest absolute Gasteiger partial charge is 0.0656 e. The van der Waals surface area contributed by atoms with Gasteiger partial charge in [-0.2, -0.15) is 0 Å². The molecule has 0 heterocycles. The Labute approximate surface area is 200 Å². The first-order valence-corrected chi connectivity index (χ1v) is 15.3. The van der Waals surface area contributed by atoms with Crippen LogP contribution in [0.4, 0.5) is 0 Å². The molecule has 0 aromatic carbocycles. The fourth-order valence-electron chi connectivity index (χ4n) is 15.3. The van der Waals surface area contributed by atoms with E-state index < -0.39 is 0 Å². The van der Waals surface area contributed by atoms with Gasteiger partial charge in [-0.1, -0.05) is 0 Å². The summed E-state index contributed by atoms with van der Waals surface area (Å²) in [6.07, 6.45) is 21.3. The summed E-state index contributed by atoms with van der Waals surface area (Å²) in [4.78, 5) is 0. The van der Waals surface area contributed by atoms with Gasteiger partial charge < -0.3 is 10.2 Å². The van der Waals surface area contributed by atoms with Crippen LogP contribution < -0.4 is 0 Å². The van der Waals surface area contributed by atoms with Crippen molar-refractivity contribution >= 4 is 0 Å². The molecule has 0 spiro atoms. The Morgan fingerprint density at radius 3 is 1.67 bits per heavy atom. The molecule has 12 fully saturated rings. The maximum absolute atomic E-state index is 11.4. The zero-order chi connectivity index (χ0) is 21.7. The molecule has 7 atom stereocenters. The van der Waals surface area contributed by atoms with Crippen LogP contribution >= 0.6 is 0 Å². The van der Waals surface area contributed by atoms with E-state index in [4.69, 9.17) is 0 Å². The first-order chi connectivity index (χ1) is 15.9. The highest BCUT2D eigenvalue weighted by atomic mass is 16.3. The molecule has 2 heteroatoms. The first-order valence-electron chi connectivity index (χ1n) is 15.3. The van der Waals surface area contributed by atoms with Crippen molar-refractivity contribution in [2.24, 2.45) is 81.8 Å². The fourth-order valence-corrected chi connectivity index (χ4v) is 15.3. The highest BCUT2D eigenvalue weighted by molar-refractivity contribution is 5.19. The number of aliphatic hydroxyl groups excluding tert-OH is 1. The highest BCUT2D eigenvalue weighted by Gasteiger charge is 2.70. The number of fused-ring (bicyclic) bond motifs is 1. The van der Waals surface area contributed by atoms with E-state index in [1.54, 1.807) is 32.1 Å². The lowest BCUT2D eigenvalue weighted by molar-refractivity contribution is -0.259. The zero-order valence-electron chi connectivity index (χ0n) is 20.6. The number of hydrogen-bond donors (Lipinski definition) is 2. The molecule has 12 saturated carbocycles. The molecule has 2 N–H and O–H groups in total. The third-order valence-corrected chi connectivity index (χ3v) is 14.6. The Balaban J connectivity index is 1.14. The Hall–Kier alpha value is -0.0800. The van der Waals surface area contributed by atoms with Crippen LogP contribution in [0.2, 0.25) is 0 Å². The lowest BCUT2D eigenvalue weighted by atomic mass is 9.31. The molecule has 0 aliphatic heterocycles. The molecule has 12 rings (SSSR count). The molecule has 182 valence electrons. The predicted molar refractivity (Wildman–Crippen MR) is 128 cm³/mol. The molecule has 2 nitrogen and oxygen atoms in total. The van der Waals surface area contributed by atoms with Crippen LogP contribution in [0.5, 0.6) is 0 Å². The average molecular weight is 451 g/mol. The molecule has 12 bridgehead atoms. The van der Waals surface area contributed by atoms with Crippen LogP contribution in [0.3, 0.4) is 0 Å². The molecule has 12 aliphatic carbocycles. The third-order valence-electron chi connectivity index (χ3n) is 14.6. The van der Waals surface area contributed by atoms with Crippen molar-refractivity contribution in [1.82, 2.24) is 0 Å². The molecule has 12 aliphatic rings. The zero-order valence-corrected chi connectivity index (χ0v) is 20.6. The number of aliphatic hydroxyl groups is 2. The van der Waals surface area contributed by atoms with E-state index in [-0.39, 0.29) is 5.60 Å². The second-order valence-electron chi connectivity index (χ2n) is 16.3. The molecular weight excluding hydrogens is 404 g/mol. The van der Waals surface area contributed by atoms with Gasteiger partial charge in [0.2, 0.25) is 0 Å². The summed E-state index contributed by atoms with van der Waals surface area (Å²) in [6, 6.07) is 0. The van der Waals surface area contributed by atoms with Crippen LogP contribution in [-0.2, 0) is 0 Å². The van der Waals surface area contributed by atoms with Gasteiger partial charge in [-0.15, -0.1) is 0 Å². The molecule has 0 saturated heterocycles. The molecule has 7 unspecified atom stereocenters. The lowest BCUT2D eigenvalue weighted by Gasteiger charge is -2.73. The highest BCUT2D eigenvalue weighted by Crippen LogP contribution is 2.76. The van der Waals surface area contributed by atoms with E-state index in [9.17, 15) is 10.2 Å². The van der Waals surface area contributed by atoms with Crippen molar-refractivity contribution in [3.63, 3.8) is 0 Å².